The van der Waals surface area contributed by atoms with Crippen LogP contribution in [0, 0.1) is 11.3 Å². The van der Waals surface area contributed by atoms with Crippen LogP contribution in [0.4, 0.5) is 0 Å². The average Bonchev–Trinajstić information content (AvgIpc) is 2.71. The highest BCUT2D eigenvalue weighted by molar-refractivity contribution is 5.89. The minimum absolute atomic E-state index is 0. The lowest BCUT2D eigenvalue weighted by molar-refractivity contribution is -0.950. The molecule has 0 radical (unpaired) electrons. The first kappa shape index (κ1) is 27.3. The van der Waals surface area contributed by atoms with E-state index in [0.29, 0.717) is 43.3 Å². The summed E-state index contributed by atoms with van der Waals surface area (Å²) in [5.41, 5.74) is 2.00. The summed E-state index contributed by atoms with van der Waals surface area (Å²) in [5, 5.41) is 10.9. The molecule has 1 aromatic rings. The van der Waals surface area contributed by atoms with Crippen LogP contribution in [0.1, 0.15) is 56.0 Å². The predicted molar refractivity (Wildman–Crippen MR) is 120 cm³/mol. The highest BCUT2D eigenvalue weighted by Crippen LogP contribution is 2.39. The van der Waals surface area contributed by atoms with Crippen molar-refractivity contribution < 1.29 is 45.6 Å². The van der Waals surface area contributed by atoms with Gasteiger partial charge in [0.05, 0.1) is 38.6 Å². The molecule has 1 heterocycles. The summed E-state index contributed by atoms with van der Waals surface area (Å²) >= 11 is 0. The largest absolute Gasteiger partial charge is 1.00 e. The van der Waals surface area contributed by atoms with Crippen LogP contribution in [-0.2, 0) is 20.8 Å². The van der Waals surface area contributed by atoms with Gasteiger partial charge in [0.1, 0.15) is 32.3 Å². The maximum atomic E-state index is 11.7. The number of benzene rings is 1. The second-order valence-electron chi connectivity index (χ2n) is 10.5. The molecule has 3 rings (SSSR count). The third-order valence-electron chi connectivity index (χ3n) is 6.78. The fourth-order valence-electron chi connectivity index (χ4n) is 5.52. The van der Waals surface area contributed by atoms with Crippen molar-refractivity contribution in [2.75, 3.05) is 46.6 Å². The van der Waals surface area contributed by atoms with Gasteiger partial charge in [-0.05, 0) is 42.7 Å². The molecule has 1 aromatic carbocycles. The molecule has 7 heteroatoms. The van der Waals surface area contributed by atoms with Crippen LogP contribution in [0.15, 0.2) is 24.3 Å². The average molecular weight is 515 g/mol. The molecular formula is C25H40BrNO5. The summed E-state index contributed by atoms with van der Waals surface area (Å²) < 4.78 is 17.4. The van der Waals surface area contributed by atoms with Crippen molar-refractivity contribution in [1.29, 1.82) is 0 Å². The fraction of sp³-hybridized carbons (Fsp3) is 0.720. The number of rotatable bonds is 8. The Kier molecular flexibility index (Phi) is 10.2. The molecule has 2 aliphatic rings. The molecule has 32 heavy (non-hydrogen) atoms. The van der Waals surface area contributed by atoms with Crippen LogP contribution in [0.2, 0.25) is 0 Å². The van der Waals surface area contributed by atoms with Crippen molar-refractivity contribution in [3.63, 3.8) is 0 Å². The molecule has 3 unspecified atom stereocenters. The normalized spacial score (nSPS) is 25.4. The number of hydrogen-bond acceptors (Lipinski definition) is 5. The smallest absolute Gasteiger partial charge is 0.337 e. The fourth-order valence-corrected chi connectivity index (χ4v) is 5.52. The molecule has 6 nitrogen and oxygen atoms in total. The second-order valence-corrected chi connectivity index (χ2v) is 10.5. The van der Waals surface area contributed by atoms with E-state index in [1.165, 1.54) is 13.5 Å². The van der Waals surface area contributed by atoms with E-state index in [0.717, 1.165) is 42.5 Å². The Morgan fingerprint density at radius 2 is 1.88 bits per heavy atom. The first-order valence-electron chi connectivity index (χ1n) is 11.6. The molecule has 1 saturated heterocycles. The van der Waals surface area contributed by atoms with E-state index in [9.17, 15) is 9.90 Å². The maximum absolute atomic E-state index is 11.7. The Labute approximate surface area is 203 Å². The molecule has 0 amide bonds. The monoisotopic (exact) mass is 513 g/mol. The zero-order valence-corrected chi connectivity index (χ0v) is 21.6. The number of nitrogens with zero attached hydrogens (tertiary/aromatic N) is 1. The third-order valence-corrected chi connectivity index (χ3v) is 6.78. The Bertz CT molecular complexity index is 718. The lowest BCUT2D eigenvalue weighted by atomic mass is 9.71. The summed E-state index contributed by atoms with van der Waals surface area (Å²) in [6.07, 6.45) is 3.11. The quantitative estimate of drug-likeness (QED) is 0.403. The van der Waals surface area contributed by atoms with Gasteiger partial charge in [-0.3, -0.25) is 0 Å². The summed E-state index contributed by atoms with van der Waals surface area (Å²) in [6, 6.07) is 7.58. The van der Waals surface area contributed by atoms with Crippen LogP contribution in [-0.4, -0.2) is 74.3 Å². The highest BCUT2D eigenvalue weighted by atomic mass is 79.9. The van der Waals surface area contributed by atoms with Crippen molar-refractivity contribution in [2.24, 2.45) is 11.3 Å². The number of esters is 1. The van der Waals surface area contributed by atoms with Gasteiger partial charge in [0, 0.05) is 5.56 Å². The minimum atomic E-state index is -0.507. The zero-order valence-electron chi connectivity index (χ0n) is 20.0. The van der Waals surface area contributed by atoms with Gasteiger partial charge in [-0.25, -0.2) is 4.79 Å². The number of aliphatic hydroxyl groups excluding tert-OH is 1. The Balaban J connectivity index is 0.00000363. The molecule has 0 aromatic heterocycles. The van der Waals surface area contributed by atoms with E-state index in [4.69, 9.17) is 14.2 Å². The standard InChI is InChI=1S/C25H40NO5.BrH/c1-19-13-23(15-25(2,3)14-19)31-18-22(27)17-26(9-11-30-12-10-26)16-20-5-7-21(8-6-20)24(28)29-4;/h5-8,19,22-23,27H,9-18H2,1-4H3;1H/q+1;/p-1. The van der Waals surface area contributed by atoms with Gasteiger partial charge in [0.2, 0.25) is 0 Å². The summed E-state index contributed by atoms with van der Waals surface area (Å²) in [5.74, 6) is 0.339. The summed E-state index contributed by atoms with van der Waals surface area (Å²) in [7, 11) is 1.39. The van der Waals surface area contributed by atoms with Gasteiger partial charge in [0.25, 0.3) is 0 Å². The van der Waals surface area contributed by atoms with Crippen molar-refractivity contribution in [2.45, 2.75) is 58.8 Å². The molecule has 3 atom stereocenters. The van der Waals surface area contributed by atoms with Crippen LogP contribution in [0.5, 0.6) is 0 Å². The first-order valence-corrected chi connectivity index (χ1v) is 11.6. The number of hydrogen-bond donors (Lipinski definition) is 1. The van der Waals surface area contributed by atoms with Crippen LogP contribution >= 0.6 is 0 Å². The van der Waals surface area contributed by atoms with E-state index in [2.05, 4.69) is 20.8 Å². The maximum Gasteiger partial charge on any atom is 0.337 e. The molecule has 1 aliphatic heterocycles. The molecule has 2 fully saturated rings. The van der Waals surface area contributed by atoms with E-state index in [1.54, 1.807) is 0 Å². The summed E-state index contributed by atoms with van der Waals surface area (Å²) in [4.78, 5) is 11.7. The molecule has 0 bridgehead atoms. The first-order chi connectivity index (χ1) is 14.7. The molecule has 182 valence electrons. The van der Waals surface area contributed by atoms with Gasteiger partial charge in [-0.1, -0.05) is 32.9 Å². The number of halogens is 1. The predicted octanol–water partition coefficient (Wildman–Crippen LogP) is 0.417. The minimum Gasteiger partial charge on any atom is -1.00 e. The van der Waals surface area contributed by atoms with Crippen LogP contribution < -0.4 is 17.0 Å². The third kappa shape index (κ3) is 7.80. The van der Waals surface area contributed by atoms with Gasteiger partial charge >= 0.3 is 5.97 Å². The van der Waals surface area contributed by atoms with E-state index in [1.807, 2.05) is 24.3 Å². The van der Waals surface area contributed by atoms with Gasteiger partial charge in [-0.2, -0.15) is 0 Å². The number of morpholine rings is 1. The van der Waals surface area contributed by atoms with Gasteiger partial charge in [-0.15, -0.1) is 0 Å². The second kappa shape index (κ2) is 11.9. The lowest BCUT2D eigenvalue weighted by Crippen LogP contribution is -3.00. The molecule has 1 saturated carbocycles. The zero-order chi connectivity index (χ0) is 22.5. The Hall–Kier alpha value is -0.990. The SMILES string of the molecule is COC(=O)c1ccc(C[N+]2(CC(O)COC3CC(C)CC(C)(C)C3)CCOCC2)cc1.[Br-]. The number of carbonyl (C=O) groups excluding carboxylic acids is 1. The van der Waals surface area contributed by atoms with Crippen molar-refractivity contribution >= 4 is 5.97 Å². The van der Waals surface area contributed by atoms with E-state index < -0.39 is 6.10 Å². The van der Waals surface area contributed by atoms with E-state index >= 15 is 0 Å². The topological polar surface area (TPSA) is 65.0 Å². The molecular weight excluding hydrogens is 474 g/mol. The van der Waals surface area contributed by atoms with E-state index in [-0.39, 0.29) is 29.1 Å². The highest BCUT2D eigenvalue weighted by Gasteiger charge is 2.35. The lowest BCUT2D eigenvalue weighted by Gasteiger charge is -2.43. The molecule has 1 N–H and O–H groups in total. The Morgan fingerprint density at radius 1 is 1.22 bits per heavy atom. The summed E-state index contributed by atoms with van der Waals surface area (Å²) in [6.45, 7) is 11.9. The Morgan fingerprint density at radius 3 is 2.47 bits per heavy atom. The number of aliphatic hydroxyl groups is 1. The molecule has 0 spiro atoms. The van der Waals surface area contributed by atoms with Gasteiger partial charge in [0.15, 0.2) is 0 Å². The van der Waals surface area contributed by atoms with Crippen molar-refractivity contribution in [1.82, 2.24) is 0 Å². The van der Waals surface area contributed by atoms with Crippen LogP contribution in [0.25, 0.3) is 0 Å². The number of ether oxygens (including phenoxy) is 3. The number of carbonyl (C=O) groups is 1. The van der Waals surface area contributed by atoms with Crippen molar-refractivity contribution in [3.05, 3.63) is 35.4 Å². The number of methoxy groups -OCH3 is 1. The van der Waals surface area contributed by atoms with Crippen molar-refractivity contribution in [3.8, 4) is 0 Å². The van der Waals surface area contributed by atoms with Gasteiger partial charge < -0.3 is 40.8 Å². The van der Waals surface area contributed by atoms with Crippen LogP contribution in [0.3, 0.4) is 0 Å². The number of quaternary nitrogens is 1. The molecule has 1 aliphatic carbocycles.